The highest BCUT2D eigenvalue weighted by molar-refractivity contribution is 6.42. The second kappa shape index (κ2) is 8.82. The smallest absolute Gasteiger partial charge is 0.261 e. The molecule has 3 N–H and O–H groups in total. The molecular weight excluding hydrogens is 347 g/mol. The van der Waals surface area contributed by atoms with Crippen molar-refractivity contribution >= 4 is 41.5 Å². The summed E-state index contributed by atoms with van der Waals surface area (Å²) in [7, 11) is 0. The number of rotatable bonds is 6. The maximum atomic E-state index is 12.3. The second-order valence-corrected chi connectivity index (χ2v) is 6.36. The van der Waals surface area contributed by atoms with E-state index in [9.17, 15) is 4.79 Å². The van der Waals surface area contributed by atoms with Crippen molar-refractivity contribution in [3.8, 4) is 5.75 Å². The van der Waals surface area contributed by atoms with Crippen LogP contribution in [0.5, 0.6) is 5.75 Å². The number of ether oxygens (including phenoxy) is 1. The molecule has 0 fully saturated rings. The average molecular weight is 370 g/mol. The van der Waals surface area contributed by atoms with Gasteiger partial charge in [-0.05, 0) is 31.9 Å². The molecule has 2 unspecified atom stereocenters. The minimum Gasteiger partial charge on any atom is -0.479 e. The van der Waals surface area contributed by atoms with E-state index in [0.29, 0.717) is 22.3 Å². The first-order chi connectivity index (χ1) is 9.71. The predicted molar refractivity (Wildman–Crippen MR) is 94.2 cm³/mol. The summed E-state index contributed by atoms with van der Waals surface area (Å²) in [6.07, 6.45) is -0.703. The van der Waals surface area contributed by atoms with Crippen molar-refractivity contribution < 1.29 is 9.53 Å². The first kappa shape index (κ1) is 21.3. The summed E-state index contributed by atoms with van der Waals surface area (Å²) >= 11 is 12.0. The van der Waals surface area contributed by atoms with Crippen LogP contribution in [0.4, 0.5) is 0 Å². The summed E-state index contributed by atoms with van der Waals surface area (Å²) in [5, 5.41) is 3.61. The van der Waals surface area contributed by atoms with Crippen molar-refractivity contribution in [2.24, 2.45) is 11.7 Å². The molecule has 1 rings (SSSR count). The van der Waals surface area contributed by atoms with E-state index in [-0.39, 0.29) is 24.2 Å². The zero-order valence-corrected chi connectivity index (χ0v) is 15.5. The summed E-state index contributed by atoms with van der Waals surface area (Å²) in [4.78, 5) is 12.3. The summed E-state index contributed by atoms with van der Waals surface area (Å²) in [5.41, 5.74) is 5.28. The Hall–Kier alpha value is -0.680. The Kier molecular flexibility index (Phi) is 8.55. The van der Waals surface area contributed by atoms with Crippen LogP contribution in [0.2, 0.25) is 10.0 Å². The van der Waals surface area contributed by atoms with Gasteiger partial charge in [0.15, 0.2) is 6.10 Å². The van der Waals surface area contributed by atoms with Gasteiger partial charge in [0.2, 0.25) is 0 Å². The first-order valence-corrected chi connectivity index (χ1v) is 7.59. The number of hydrogen-bond donors (Lipinski definition) is 2. The van der Waals surface area contributed by atoms with Gasteiger partial charge in [-0.1, -0.05) is 43.1 Å². The van der Waals surface area contributed by atoms with Crippen molar-refractivity contribution in [3.63, 3.8) is 0 Å². The molecule has 0 heterocycles. The van der Waals surface area contributed by atoms with E-state index in [1.165, 1.54) is 0 Å². The maximum Gasteiger partial charge on any atom is 0.261 e. The fourth-order valence-electron chi connectivity index (χ4n) is 1.63. The Labute approximate surface area is 148 Å². The summed E-state index contributed by atoms with van der Waals surface area (Å²) in [5.74, 6) is 0.340. The number of carbonyl (C=O) groups is 1. The van der Waals surface area contributed by atoms with Crippen LogP contribution >= 0.6 is 35.6 Å². The monoisotopic (exact) mass is 368 g/mol. The number of carbonyl (C=O) groups excluding carboxylic acids is 1. The molecule has 0 bridgehead atoms. The molecule has 0 aliphatic carbocycles. The molecule has 0 aromatic heterocycles. The van der Waals surface area contributed by atoms with Gasteiger partial charge in [0.25, 0.3) is 5.91 Å². The third-order valence-corrected chi connectivity index (χ3v) is 4.50. The highest BCUT2D eigenvalue weighted by Gasteiger charge is 2.31. The van der Waals surface area contributed by atoms with Crippen molar-refractivity contribution in [2.45, 2.75) is 39.3 Å². The lowest BCUT2D eigenvalue weighted by Gasteiger charge is -2.34. The Balaban J connectivity index is 0.00000441. The number of hydrogen-bond acceptors (Lipinski definition) is 3. The largest absolute Gasteiger partial charge is 0.479 e. The normalized spacial score (nSPS) is 14.7. The number of amides is 1. The summed E-state index contributed by atoms with van der Waals surface area (Å²) in [6, 6.07) is 5.04. The van der Waals surface area contributed by atoms with Crippen LogP contribution in [-0.2, 0) is 4.79 Å². The van der Waals surface area contributed by atoms with Gasteiger partial charge in [-0.2, -0.15) is 0 Å². The molecule has 126 valence electrons. The zero-order chi connectivity index (χ0) is 16.2. The zero-order valence-electron chi connectivity index (χ0n) is 13.2. The molecule has 0 radical (unpaired) electrons. The first-order valence-electron chi connectivity index (χ1n) is 6.84. The average Bonchev–Trinajstić information content (AvgIpc) is 2.43. The Morgan fingerprint density at radius 2 is 1.95 bits per heavy atom. The van der Waals surface area contributed by atoms with Crippen molar-refractivity contribution in [2.75, 3.05) is 6.54 Å². The minimum absolute atomic E-state index is 0. The number of nitrogens with one attached hydrogen (secondary N) is 1. The van der Waals surface area contributed by atoms with E-state index in [4.69, 9.17) is 33.7 Å². The molecule has 7 heteroatoms. The molecule has 1 aromatic rings. The Bertz CT molecular complexity index is 512. The number of benzene rings is 1. The van der Waals surface area contributed by atoms with E-state index in [2.05, 4.69) is 5.32 Å². The fraction of sp³-hybridized carbons (Fsp3) is 0.533. The molecule has 0 aliphatic heterocycles. The molecule has 2 atom stereocenters. The Morgan fingerprint density at radius 3 is 2.45 bits per heavy atom. The molecule has 4 nitrogen and oxygen atoms in total. The van der Waals surface area contributed by atoms with E-state index in [1.54, 1.807) is 25.1 Å². The van der Waals surface area contributed by atoms with Crippen LogP contribution in [0.1, 0.15) is 27.7 Å². The van der Waals surface area contributed by atoms with E-state index in [1.807, 2.05) is 20.8 Å². The van der Waals surface area contributed by atoms with Gasteiger partial charge >= 0.3 is 0 Å². The summed E-state index contributed by atoms with van der Waals surface area (Å²) < 4.78 is 5.59. The standard InChI is InChI=1S/C15H22Cl2N2O2.ClH/c1-9(2)15(4,8-18)19-14(20)10(3)21-12-7-5-6-11(16)13(12)17;/h5-7,9-10H,8,18H2,1-4H3,(H,19,20);1H. The third-order valence-electron chi connectivity index (χ3n) is 3.70. The van der Waals surface area contributed by atoms with Crippen LogP contribution < -0.4 is 15.8 Å². The number of nitrogens with two attached hydrogens (primary N) is 1. The maximum absolute atomic E-state index is 12.3. The van der Waals surface area contributed by atoms with E-state index < -0.39 is 11.6 Å². The van der Waals surface area contributed by atoms with Crippen LogP contribution in [0.15, 0.2) is 18.2 Å². The number of halogens is 3. The van der Waals surface area contributed by atoms with Gasteiger partial charge in [-0.15, -0.1) is 12.4 Å². The highest BCUT2D eigenvalue weighted by Crippen LogP contribution is 2.32. The quantitative estimate of drug-likeness (QED) is 0.804. The van der Waals surface area contributed by atoms with E-state index in [0.717, 1.165) is 0 Å². The molecule has 22 heavy (non-hydrogen) atoms. The molecule has 0 saturated heterocycles. The predicted octanol–water partition coefficient (Wildman–Crippen LogP) is 3.67. The SMILES string of the molecule is CC(Oc1cccc(Cl)c1Cl)C(=O)NC(C)(CN)C(C)C.Cl. The molecule has 0 spiro atoms. The van der Waals surface area contributed by atoms with Crippen LogP contribution in [0.25, 0.3) is 0 Å². The lowest BCUT2D eigenvalue weighted by molar-refractivity contribution is -0.129. The van der Waals surface area contributed by atoms with Gasteiger partial charge in [0, 0.05) is 6.54 Å². The molecular formula is C15H23Cl3N2O2. The lowest BCUT2D eigenvalue weighted by Crippen LogP contribution is -2.57. The lowest BCUT2D eigenvalue weighted by atomic mass is 9.88. The van der Waals surface area contributed by atoms with Crippen LogP contribution in [0.3, 0.4) is 0 Å². The van der Waals surface area contributed by atoms with Crippen molar-refractivity contribution in [1.29, 1.82) is 0 Å². The summed E-state index contributed by atoms with van der Waals surface area (Å²) in [6.45, 7) is 7.93. The van der Waals surface area contributed by atoms with Gasteiger partial charge in [0.1, 0.15) is 10.8 Å². The van der Waals surface area contributed by atoms with Gasteiger partial charge < -0.3 is 15.8 Å². The Morgan fingerprint density at radius 1 is 1.36 bits per heavy atom. The topological polar surface area (TPSA) is 64.3 Å². The van der Waals surface area contributed by atoms with Crippen molar-refractivity contribution in [1.82, 2.24) is 5.32 Å². The molecule has 0 aliphatic rings. The van der Waals surface area contributed by atoms with Crippen LogP contribution in [-0.4, -0.2) is 24.1 Å². The fourth-order valence-corrected chi connectivity index (χ4v) is 1.97. The molecule has 1 amide bonds. The van der Waals surface area contributed by atoms with Gasteiger partial charge in [0.05, 0.1) is 10.6 Å². The second-order valence-electron chi connectivity index (χ2n) is 5.58. The van der Waals surface area contributed by atoms with Gasteiger partial charge in [-0.3, -0.25) is 4.79 Å². The van der Waals surface area contributed by atoms with Crippen LogP contribution in [0, 0.1) is 5.92 Å². The molecule has 1 aromatic carbocycles. The van der Waals surface area contributed by atoms with Gasteiger partial charge in [-0.25, -0.2) is 0 Å². The molecule has 0 saturated carbocycles. The van der Waals surface area contributed by atoms with E-state index >= 15 is 0 Å². The van der Waals surface area contributed by atoms with Crippen molar-refractivity contribution in [3.05, 3.63) is 28.2 Å². The minimum atomic E-state index is -0.703. The highest BCUT2D eigenvalue weighted by atomic mass is 35.5. The third kappa shape index (κ3) is 5.20.